The maximum Gasteiger partial charge on any atom is 0.422 e. The number of halogens is 12. The fourth-order valence-electron chi connectivity index (χ4n) is 9.24. The van der Waals surface area contributed by atoms with Crippen LogP contribution in [0.2, 0.25) is 5.02 Å². The second kappa shape index (κ2) is 35.9. The van der Waals surface area contributed by atoms with E-state index in [1.807, 2.05) is 37.3 Å². The van der Waals surface area contributed by atoms with Crippen LogP contribution in [-0.4, -0.2) is 137 Å². The van der Waals surface area contributed by atoms with Crippen molar-refractivity contribution in [2.45, 2.75) is 51.6 Å². The van der Waals surface area contributed by atoms with Crippen molar-refractivity contribution >= 4 is 11.6 Å². The molecule has 1 aliphatic heterocycles. The normalized spacial score (nSPS) is 12.0. The van der Waals surface area contributed by atoms with Gasteiger partial charge in [0.05, 0.1) is 68.8 Å². The van der Waals surface area contributed by atoms with Crippen molar-refractivity contribution in [2.75, 3.05) is 39.6 Å². The number of benzene rings is 4. The fourth-order valence-corrected chi connectivity index (χ4v) is 9.45. The van der Waals surface area contributed by atoms with Gasteiger partial charge in [-0.1, -0.05) is 83.9 Å². The number of alkyl halides is 9. The van der Waals surface area contributed by atoms with E-state index in [2.05, 4.69) is 74.5 Å². The van der Waals surface area contributed by atoms with Gasteiger partial charge in [-0.05, 0) is 78.2 Å². The summed E-state index contributed by atoms with van der Waals surface area (Å²) in [6, 6.07) is 37.2. The number of hydrogen-bond acceptors (Lipinski definition) is 21. The van der Waals surface area contributed by atoms with E-state index in [1.54, 1.807) is 48.8 Å². The Balaban J connectivity index is 0.000000154. The van der Waals surface area contributed by atoms with Crippen LogP contribution in [0.15, 0.2) is 214 Å². The molecule has 0 unspecified atom stereocenters. The first kappa shape index (κ1) is 78.0. The van der Waals surface area contributed by atoms with Crippen LogP contribution in [0.5, 0.6) is 24.0 Å². The zero-order valence-electron chi connectivity index (χ0n) is 56.0. The van der Waals surface area contributed by atoms with Crippen molar-refractivity contribution in [3.05, 3.63) is 281 Å². The SMILES string of the molecule is Cc1ccc(Cn2nc(-c3cnc(OCC4COC4)nc3)ccc2=O)cc1.O=c1ccc(-c2cnc(OCC(F)(F)F)nc2)nn1Cc1cccc(Cl)c1.O=c1ccc(-c2cnc(OCC(F)(F)F)nc2)nn1Cc1cccc(F)c1.O=c1ccc(-c2cnc(OCC(F)(F)F)nc2)nn1Cc1ccccc1F. The molecule has 0 aliphatic carbocycles. The maximum absolute atomic E-state index is 13.8. The predicted octanol–water partition coefficient (Wildman–Crippen LogP) is 11.1. The molecule has 9 heterocycles. The maximum atomic E-state index is 13.8. The summed E-state index contributed by atoms with van der Waals surface area (Å²) < 4.78 is 165. The highest BCUT2D eigenvalue weighted by molar-refractivity contribution is 6.30. The van der Waals surface area contributed by atoms with E-state index in [0.717, 1.165) is 39.3 Å². The monoisotopic (exact) mass is 1520 g/mol. The third-order valence-electron chi connectivity index (χ3n) is 14.6. The molecule has 12 aromatic rings. The van der Waals surface area contributed by atoms with Crippen LogP contribution in [0.1, 0.15) is 27.8 Å². The molecule has 0 N–H and O–H groups in total. The molecule has 558 valence electrons. The molecule has 0 atom stereocenters. The minimum Gasteiger partial charge on any atom is -0.463 e. The lowest BCUT2D eigenvalue weighted by atomic mass is 10.1. The molecule has 0 spiro atoms. The smallest absolute Gasteiger partial charge is 0.422 e. The summed E-state index contributed by atoms with van der Waals surface area (Å²) in [5.41, 5.74) is 6.08. The molecule has 1 fully saturated rings. The Bertz CT molecular complexity index is 5070. The topological polar surface area (TPSA) is 289 Å². The molecule has 25 nitrogen and oxygen atoms in total. The molecule has 8 aromatic heterocycles. The highest BCUT2D eigenvalue weighted by Gasteiger charge is 2.31. The zero-order valence-corrected chi connectivity index (χ0v) is 56.7. The summed E-state index contributed by atoms with van der Waals surface area (Å²) in [7, 11) is 0. The molecule has 0 radical (unpaired) electrons. The minimum absolute atomic E-state index is 0.0536. The van der Waals surface area contributed by atoms with Crippen LogP contribution in [0.25, 0.3) is 45.0 Å². The molecule has 0 bridgehead atoms. The third kappa shape index (κ3) is 24.2. The largest absolute Gasteiger partial charge is 0.463 e. The van der Waals surface area contributed by atoms with Gasteiger partial charge in [0.15, 0.2) is 19.8 Å². The fraction of sp³-hybridized carbons (Fsp3) is 0.211. The van der Waals surface area contributed by atoms with Crippen molar-refractivity contribution in [1.82, 2.24) is 79.0 Å². The number of aromatic nitrogens is 16. The minimum atomic E-state index is -4.49. The van der Waals surface area contributed by atoms with E-state index in [1.165, 1.54) is 131 Å². The number of aryl methyl sites for hydroxylation is 1. The van der Waals surface area contributed by atoms with Gasteiger partial charge in [0.25, 0.3) is 22.2 Å². The molecule has 0 saturated carbocycles. The van der Waals surface area contributed by atoms with Crippen molar-refractivity contribution in [3.8, 4) is 69.1 Å². The van der Waals surface area contributed by atoms with Crippen molar-refractivity contribution < 1.29 is 72.0 Å². The van der Waals surface area contributed by atoms with Gasteiger partial charge in [0.2, 0.25) is 0 Å². The van der Waals surface area contributed by atoms with Gasteiger partial charge in [-0.15, -0.1) is 0 Å². The Morgan fingerprint density at radius 2 is 0.759 bits per heavy atom. The van der Waals surface area contributed by atoms with Crippen molar-refractivity contribution in [3.63, 3.8) is 0 Å². The van der Waals surface area contributed by atoms with Gasteiger partial charge in [0.1, 0.15) is 11.6 Å². The van der Waals surface area contributed by atoms with Crippen molar-refractivity contribution in [1.29, 1.82) is 0 Å². The third-order valence-corrected chi connectivity index (χ3v) is 14.8. The Morgan fingerprint density at radius 1 is 0.407 bits per heavy atom. The number of nitrogens with zero attached hydrogens (tertiary/aromatic N) is 16. The van der Waals surface area contributed by atoms with Gasteiger partial charge in [0, 0.05) is 113 Å². The lowest BCUT2D eigenvalue weighted by Crippen LogP contribution is -2.32. The van der Waals surface area contributed by atoms with E-state index in [-0.39, 0.29) is 36.3 Å². The van der Waals surface area contributed by atoms with Crippen molar-refractivity contribution in [2.24, 2.45) is 5.92 Å². The van der Waals surface area contributed by atoms with Crippen LogP contribution in [-0.2, 0) is 30.9 Å². The molecule has 1 aliphatic rings. The van der Waals surface area contributed by atoms with Crippen LogP contribution in [0, 0.1) is 24.5 Å². The van der Waals surface area contributed by atoms with Crippen LogP contribution < -0.4 is 41.2 Å². The van der Waals surface area contributed by atoms with E-state index in [4.69, 9.17) is 21.1 Å². The number of ether oxygens (including phenoxy) is 5. The lowest BCUT2D eigenvalue weighted by molar-refractivity contribution is -0.155. The van der Waals surface area contributed by atoms with Crippen LogP contribution in [0.4, 0.5) is 48.3 Å². The van der Waals surface area contributed by atoms with Gasteiger partial charge in [-0.25, -0.2) is 67.4 Å². The van der Waals surface area contributed by atoms with E-state index < -0.39 is 79.1 Å². The second-order valence-electron chi connectivity index (χ2n) is 23.1. The molecule has 0 amide bonds. The number of rotatable bonds is 21. The van der Waals surface area contributed by atoms with E-state index in [0.29, 0.717) is 75.1 Å². The summed E-state index contributed by atoms with van der Waals surface area (Å²) in [5, 5.41) is 17.5. The highest BCUT2D eigenvalue weighted by atomic mass is 35.5. The molecule has 4 aromatic carbocycles. The van der Waals surface area contributed by atoms with E-state index >= 15 is 0 Å². The zero-order chi connectivity index (χ0) is 77.0. The quantitative estimate of drug-likeness (QED) is 0.0604. The van der Waals surface area contributed by atoms with E-state index in [9.17, 15) is 67.5 Å². The first-order chi connectivity index (χ1) is 51.6. The van der Waals surface area contributed by atoms with Crippen LogP contribution >= 0.6 is 11.6 Å². The second-order valence-corrected chi connectivity index (χ2v) is 23.6. The summed E-state index contributed by atoms with van der Waals surface area (Å²) in [6.07, 6.45) is -2.69. The molecule has 108 heavy (non-hydrogen) atoms. The van der Waals surface area contributed by atoms with Crippen LogP contribution in [0.3, 0.4) is 0 Å². The van der Waals surface area contributed by atoms with Gasteiger partial charge >= 0.3 is 42.6 Å². The van der Waals surface area contributed by atoms with Gasteiger partial charge in [-0.3, -0.25) is 19.2 Å². The molecule has 37 heteroatoms. The average Bonchev–Trinajstić information content (AvgIpc) is 0.838. The molecular formula is C71H56ClF11N16O9. The van der Waals surface area contributed by atoms with Gasteiger partial charge in [-0.2, -0.15) is 59.9 Å². The van der Waals surface area contributed by atoms with Gasteiger partial charge < -0.3 is 23.7 Å². The number of hydrogen-bond donors (Lipinski definition) is 0. The Labute approximate surface area is 607 Å². The first-order valence-corrected chi connectivity index (χ1v) is 32.2. The first-order valence-electron chi connectivity index (χ1n) is 31.8. The Kier molecular flexibility index (Phi) is 25.9. The summed E-state index contributed by atoms with van der Waals surface area (Å²) in [6.45, 7) is 0.164. The standard InChI is InChI=1S/C20H20N4O3.C17H12ClF3N4O2.2C17H12F4N4O2/c1-14-2-4-15(5-3-14)10-24-19(25)7-6-18(23-24)17-8-21-20(22-9-17)27-13-16-11-26-12-16;2*18-13-3-1-2-11(6-13)9-25-15(26)5-4-14(24-25)12-7-22-16(23-8-12)27-10-17(19,20)21;18-13-4-2-1-3-11(13)9-25-15(26)6-5-14(24-25)12-7-22-16(23-8-12)27-10-17(19,20)21/h2-9,16H,10-13H2,1H3;3*1-8H,9-10H2. The average molecular weight is 1520 g/mol. The highest BCUT2D eigenvalue weighted by Crippen LogP contribution is 2.24. The molecular weight excluding hydrogens is 1470 g/mol. The Hall–Kier alpha value is -12.6. The predicted molar refractivity (Wildman–Crippen MR) is 364 cm³/mol. The Morgan fingerprint density at radius 3 is 1.11 bits per heavy atom. The summed E-state index contributed by atoms with van der Waals surface area (Å²) >= 11 is 5.94. The lowest BCUT2D eigenvalue weighted by Gasteiger charge is -2.25. The molecule has 13 rings (SSSR count). The molecule has 1 saturated heterocycles. The summed E-state index contributed by atoms with van der Waals surface area (Å²) in [4.78, 5) is 78.8. The summed E-state index contributed by atoms with van der Waals surface area (Å²) in [5.74, 6) is -0.481.